The summed E-state index contributed by atoms with van der Waals surface area (Å²) in [4.78, 5) is 4.41. The van der Waals surface area contributed by atoms with Crippen molar-refractivity contribution in [2.24, 2.45) is 0 Å². The summed E-state index contributed by atoms with van der Waals surface area (Å²) < 4.78 is 10.5. The number of rotatable bonds is 5. The number of methoxy groups -OCH3 is 1. The van der Waals surface area contributed by atoms with Gasteiger partial charge in [0.15, 0.2) is 4.34 Å². The van der Waals surface area contributed by atoms with Gasteiger partial charge in [-0.05, 0) is 29.7 Å². The van der Waals surface area contributed by atoms with E-state index in [0.29, 0.717) is 5.56 Å². The average molecular weight is 291 g/mol. The van der Waals surface area contributed by atoms with Crippen molar-refractivity contribution in [1.29, 1.82) is 5.26 Å². The van der Waals surface area contributed by atoms with Crippen LogP contribution in [0.1, 0.15) is 23.9 Å². The first-order valence-electron chi connectivity index (χ1n) is 5.79. The monoisotopic (exact) mass is 291 g/mol. The second kappa shape index (κ2) is 6.55. The van der Waals surface area contributed by atoms with Crippen LogP contribution in [0.25, 0.3) is 0 Å². The first-order valence-corrected chi connectivity index (χ1v) is 7.55. The molecule has 4 nitrogen and oxygen atoms in total. The van der Waals surface area contributed by atoms with E-state index in [1.807, 2.05) is 19.1 Å². The lowest BCUT2D eigenvalue weighted by Gasteiger charge is -2.07. The minimum absolute atomic E-state index is 0.642. The molecule has 0 saturated heterocycles. The van der Waals surface area contributed by atoms with Crippen molar-refractivity contribution in [2.45, 2.75) is 23.4 Å². The summed E-state index contributed by atoms with van der Waals surface area (Å²) in [5.41, 5.74) is 1.64. The molecular weight excluding hydrogens is 278 g/mol. The summed E-state index contributed by atoms with van der Waals surface area (Å²) in [6.45, 7) is 2.04. The van der Waals surface area contributed by atoms with Gasteiger partial charge in [-0.15, -0.1) is 0 Å². The predicted molar refractivity (Wildman–Crippen MR) is 76.6 cm³/mol. The van der Waals surface area contributed by atoms with Crippen LogP contribution < -0.4 is 4.74 Å². The predicted octanol–water partition coefficient (Wildman–Crippen LogP) is 3.27. The molecule has 0 atom stereocenters. The Balaban J connectivity index is 2.11. The third kappa shape index (κ3) is 3.46. The molecule has 0 saturated carbocycles. The van der Waals surface area contributed by atoms with E-state index in [9.17, 15) is 0 Å². The van der Waals surface area contributed by atoms with Gasteiger partial charge < -0.3 is 4.74 Å². The Kier molecular flexibility index (Phi) is 4.77. The van der Waals surface area contributed by atoms with E-state index in [-0.39, 0.29) is 0 Å². The van der Waals surface area contributed by atoms with Crippen LogP contribution in [-0.4, -0.2) is 16.5 Å². The molecule has 0 unspecified atom stereocenters. The van der Waals surface area contributed by atoms with E-state index >= 15 is 0 Å². The topological polar surface area (TPSA) is 58.8 Å². The van der Waals surface area contributed by atoms with Crippen LogP contribution >= 0.6 is 23.3 Å². The Hall–Kier alpha value is -1.58. The van der Waals surface area contributed by atoms with E-state index < -0.39 is 0 Å². The van der Waals surface area contributed by atoms with Gasteiger partial charge in [-0.2, -0.15) is 9.64 Å². The summed E-state index contributed by atoms with van der Waals surface area (Å²) in [6, 6.07) is 7.58. The number of ether oxygens (including phenoxy) is 1. The molecule has 0 aliphatic heterocycles. The maximum absolute atomic E-state index is 8.93. The number of nitrogens with zero attached hydrogens (tertiary/aromatic N) is 3. The molecule has 0 aliphatic rings. The lowest BCUT2D eigenvalue weighted by Crippen LogP contribution is -1.91. The molecule has 0 bridgehead atoms. The minimum Gasteiger partial charge on any atom is -0.496 e. The highest BCUT2D eigenvalue weighted by Gasteiger charge is 2.08. The Morgan fingerprint density at radius 2 is 2.32 bits per heavy atom. The molecule has 2 rings (SSSR count). The van der Waals surface area contributed by atoms with Gasteiger partial charge in [-0.1, -0.05) is 18.7 Å². The number of benzene rings is 1. The summed E-state index contributed by atoms with van der Waals surface area (Å²) in [5, 5.41) is 8.93. The van der Waals surface area contributed by atoms with Gasteiger partial charge in [-0.3, -0.25) is 0 Å². The molecule has 19 heavy (non-hydrogen) atoms. The van der Waals surface area contributed by atoms with E-state index in [1.165, 1.54) is 11.5 Å². The largest absolute Gasteiger partial charge is 0.496 e. The Morgan fingerprint density at radius 1 is 1.47 bits per heavy atom. The Morgan fingerprint density at radius 3 is 2.95 bits per heavy atom. The van der Waals surface area contributed by atoms with Crippen molar-refractivity contribution >= 4 is 23.3 Å². The molecule has 0 fully saturated rings. The van der Waals surface area contributed by atoms with Gasteiger partial charge in [0.2, 0.25) is 0 Å². The summed E-state index contributed by atoms with van der Waals surface area (Å²) in [7, 11) is 1.63. The lowest BCUT2D eigenvalue weighted by atomic mass is 10.1. The number of thioether (sulfide) groups is 1. The SMILES string of the molecule is CCc1nsc(SCc2cc(C#N)ccc2OC)n1. The normalized spacial score (nSPS) is 10.2. The number of nitriles is 1. The van der Waals surface area contributed by atoms with Crippen molar-refractivity contribution in [3.63, 3.8) is 0 Å². The van der Waals surface area contributed by atoms with Crippen LogP contribution in [0.3, 0.4) is 0 Å². The van der Waals surface area contributed by atoms with Crippen LogP contribution in [0.15, 0.2) is 22.5 Å². The fourth-order valence-electron chi connectivity index (χ4n) is 1.54. The zero-order valence-electron chi connectivity index (χ0n) is 10.7. The van der Waals surface area contributed by atoms with E-state index in [4.69, 9.17) is 10.00 Å². The summed E-state index contributed by atoms with van der Waals surface area (Å²) in [5.74, 6) is 2.40. The molecule has 1 aromatic carbocycles. The quantitative estimate of drug-likeness (QED) is 0.791. The fourth-order valence-corrected chi connectivity index (χ4v) is 3.21. The highest BCUT2D eigenvalue weighted by Crippen LogP contribution is 2.29. The van der Waals surface area contributed by atoms with Gasteiger partial charge in [0, 0.05) is 17.7 Å². The smallest absolute Gasteiger partial charge is 0.170 e. The Bertz CT molecular complexity index is 604. The third-order valence-corrected chi connectivity index (χ3v) is 4.45. The lowest BCUT2D eigenvalue weighted by molar-refractivity contribution is 0.411. The van der Waals surface area contributed by atoms with Crippen LogP contribution in [0.5, 0.6) is 5.75 Å². The van der Waals surface area contributed by atoms with Crippen molar-refractivity contribution in [2.75, 3.05) is 7.11 Å². The highest BCUT2D eigenvalue weighted by molar-refractivity contribution is 8.00. The van der Waals surface area contributed by atoms with Crippen LogP contribution in [0, 0.1) is 11.3 Å². The van der Waals surface area contributed by atoms with Gasteiger partial charge in [0.05, 0.1) is 18.7 Å². The summed E-state index contributed by atoms with van der Waals surface area (Å²) in [6.07, 6.45) is 0.851. The van der Waals surface area contributed by atoms with E-state index in [2.05, 4.69) is 15.4 Å². The zero-order chi connectivity index (χ0) is 13.7. The van der Waals surface area contributed by atoms with Crippen molar-refractivity contribution < 1.29 is 4.74 Å². The molecule has 0 aliphatic carbocycles. The van der Waals surface area contributed by atoms with Gasteiger partial charge >= 0.3 is 0 Å². The molecule has 0 spiro atoms. The maximum atomic E-state index is 8.93. The molecule has 98 valence electrons. The molecule has 0 N–H and O–H groups in total. The van der Waals surface area contributed by atoms with Crippen LogP contribution in [0.2, 0.25) is 0 Å². The number of hydrogen-bond acceptors (Lipinski definition) is 6. The first-order chi connectivity index (χ1) is 9.26. The average Bonchev–Trinajstić information content (AvgIpc) is 2.92. The molecule has 6 heteroatoms. The van der Waals surface area contributed by atoms with Gasteiger partial charge in [-0.25, -0.2) is 4.98 Å². The number of hydrogen-bond donors (Lipinski definition) is 0. The van der Waals surface area contributed by atoms with Gasteiger partial charge in [0.1, 0.15) is 11.6 Å². The first kappa shape index (κ1) is 13.8. The Labute approximate surface area is 120 Å². The maximum Gasteiger partial charge on any atom is 0.170 e. The molecule has 0 radical (unpaired) electrons. The third-order valence-electron chi connectivity index (χ3n) is 2.53. The molecule has 1 heterocycles. The number of aryl methyl sites for hydroxylation is 1. The van der Waals surface area contributed by atoms with Crippen molar-refractivity contribution in [3.8, 4) is 11.8 Å². The van der Waals surface area contributed by atoms with Crippen LogP contribution in [-0.2, 0) is 12.2 Å². The molecular formula is C13H13N3OS2. The second-order valence-corrected chi connectivity index (χ2v) is 5.73. The molecule has 2 aromatic rings. The van der Waals surface area contributed by atoms with E-state index in [1.54, 1.807) is 24.9 Å². The van der Waals surface area contributed by atoms with Gasteiger partial charge in [0.25, 0.3) is 0 Å². The van der Waals surface area contributed by atoms with Crippen molar-refractivity contribution in [3.05, 3.63) is 35.2 Å². The standard InChI is InChI=1S/C13H13N3OS2/c1-3-12-15-13(19-16-12)18-8-10-6-9(7-14)4-5-11(10)17-2/h4-6H,3,8H2,1-2H3. The molecule has 0 amide bonds. The summed E-state index contributed by atoms with van der Waals surface area (Å²) >= 11 is 3.03. The van der Waals surface area contributed by atoms with Crippen molar-refractivity contribution in [1.82, 2.24) is 9.36 Å². The fraction of sp³-hybridized carbons (Fsp3) is 0.308. The highest BCUT2D eigenvalue weighted by atomic mass is 32.2. The van der Waals surface area contributed by atoms with Crippen LogP contribution in [0.4, 0.5) is 0 Å². The zero-order valence-corrected chi connectivity index (χ0v) is 12.3. The molecule has 1 aromatic heterocycles. The number of aromatic nitrogens is 2. The second-order valence-electron chi connectivity index (χ2n) is 3.76. The van der Waals surface area contributed by atoms with E-state index in [0.717, 1.165) is 33.7 Å². The minimum atomic E-state index is 0.642.